The number of hydrogen-bond acceptors (Lipinski definition) is 5. The third-order valence-corrected chi connectivity index (χ3v) is 10.5. The van der Waals surface area contributed by atoms with Gasteiger partial charge in [-0.25, -0.2) is 0 Å². The summed E-state index contributed by atoms with van der Waals surface area (Å²) in [5, 5.41) is 10.7. The molecule has 2 aromatic carbocycles. The number of benzene rings is 2. The van der Waals surface area contributed by atoms with Gasteiger partial charge in [0.2, 0.25) is 0 Å². The Kier molecular flexibility index (Phi) is 9.20. The molecule has 5 rings (SSSR count). The number of nitrogens with zero attached hydrogens (tertiary/aromatic N) is 2. The van der Waals surface area contributed by atoms with Crippen molar-refractivity contribution in [2.45, 2.75) is 57.7 Å². The normalized spacial score (nSPS) is 24.4. The van der Waals surface area contributed by atoms with Gasteiger partial charge in [-0.2, -0.15) is 17.0 Å². The van der Waals surface area contributed by atoms with Gasteiger partial charge in [0.15, 0.2) is 0 Å². The summed E-state index contributed by atoms with van der Waals surface area (Å²) in [5.41, 5.74) is 10.1. The Hall–Kier alpha value is -1.68. The predicted octanol–water partition coefficient (Wildman–Crippen LogP) is 3.98. The molecule has 37 heavy (non-hydrogen) atoms. The molecule has 3 N–H and O–H groups in total. The molecular weight excluding hydrogens is 510 g/mol. The van der Waals surface area contributed by atoms with E-state index in [9.17, 15) is 13.5 Å². The number of piperidine rings is 2. The lowest BCUT2D eigenvalue weighted by Crippen LogP contribution is -2.51. The second-order valence-electron chi connectivity index (χ2n) is 10.7. The van der Waals surface area contributed by atoms with Gasteiger partial charge in [-0.3, -0.25) is 0 Å². The molecule has 0 amide bonds. The van der Waals surface area contributed by atoms with Crippen LogP contribution in [0.3, 0.4) is 0 Å². The second kappa shape index (κ2) is 12.0. The Labute approximate surface area is 227 Å². The topological polar surface area (TPSA) is 96.1 Å². The summed E-state index contributed by atoms with van der Waals surface area (Å²) in [6.07, 6.45) is 4.70. The number of rotatable bonds is 6. The molecule has 3 aliphatic heterocycles. The van der Waals surface area contributed by atoms with Gasteiger partial charge in [0.05, 0.1) is 12.2 Å². The predicted molar refractivity (Wildman–Crippen MR) is 148 cm³/mol. The van der Waals surface area contributed by atoms with Crippen LogP contribution < -0.4 is 5.73 Å². The zero-order valence-corrected chi connectivity index (χ0v) is 23.2. The lowest BCUT2D eigenvalue weighted by molar-refractivity contribution is -0.0614. The van der Waals surface area contributed by atoms with Crippen LogP contribution in [0.15, 0.2) is 42.5 Å². The van der Waals surface area contributed by atoms with Gasteiger partial charge >= 0.3 is 0 Å². The molecule has 7 nitrogen and oxygen atoms in total. The molecule has 2 aromatic rings. The molecule has 0 aliphatic carbocycles. The minimum Gasteiger partial charge on any atom is -0.507 e. The molecule has 2 saturated heterocycles. The second-order valence-corrected chi connectivity index (χ2v) is 12.6. The van der Waals surface area contributed by atoms with E-state index in [1.807, 2.05) is 25.1 Å². The van der Waals surface area contributed by atoms with E-state index in [0.29, 0.717) is 50.8 Å². The Morgan fingerprint density at radius 1 is 0.973 bits per heavy atom. The standard InChI is InChI=1S/C28H39N3O4S.ClH/c1-20-7-8-24-25(28(20)32)18-26(35-27(24)19-29)23-11-15-31(16-12-23)36(33,34)30-13-9-22(10-14-30)17-21-5-3-2-4-6-21;/h2-8,22-23,26-27,32H,9-19,29H2,1H3;1H/t26-,27-;/m0./s1. The van der Waals surface area contributed by atoms with Crippen molar-refractivity contribution in [2.24, 2.45) is 17.6 Å². The van der Waals surface area contributed by atoms with Gasteiger partial charge in [-0.15, -0.1) is 12.4 Å². The first kappa shape index (κ1) is 28.3. The van der Waals surface area contributed by atoms with Crippen LogP contribution in [0.2, 0.25) is 0 Å². The molecule has 0 bridgehead atoms. The highest BCUT2D eigenvalue weighted by atomic mass is 35.5. The largest absolute Gasteiger partial charge is 0.507 e. The summed E-state index contributed by atoms with van der Waals surface area (Å²) in [7, 11) is -3.45. The number of phenols is 1. The van der Waals surface area contributed by atoms with Crippen LogP contribution >= 0.6 is 12.4 Å². The molecule has 0 saturated carbocycles. The van der Waals surface area contributed by atoms with Crippen molar-refractivity contribution in [3.05, 3.63) is 64.7 Å². The van der Waals surface area contributed by atoms with Crippen LogP contribution in [-0.2, 0) is 27.8 Å². The highest BCUT2D eigenvalue weighted by molar-refractivity contribution is 7.86. The van der Waals surface area contributed by atoms with Gasteiger partial charge in [0.25, 0.3) is 10.2 Å². The zero-order chi connectivity index (χ0) is 25.3. The first-order valence-electron chi connectivity index (χ1n) is 13.3. The van der Waals surface area contributed by atoms with Crippen molar-refractivity contribution in [1.29, 1.82) is 0 Å². The van der Waals surface area contributed by atoms with E-state index in [4.69, 9.17) is 10.5 Å². The average molecular weight is 550 g/mol. The van der Waals surface area contributed by atoms with E-state index in [1.54, 1.807) is 8.61 Å². The highest BCUT2D eigenvalue weighted by Gasteiger charge is 2.39. The number of halogens is 1. The quantitative estimate of drug-likeness (QED) is 0.568. The third-order valence-electron chi connectivity index (χ3n) is 8.44. The number of nitrogens with two attached hydrogens (primary N) is 1. The molecule has 0 aromatic heterocycles. The van der Waals surface area contributed by atoms with Crippen molar-refractivity contribution >= 4 is 22.6 Å². The molecular formula is C28H40ClN3O4S. The van der Waals surface area contributed by atoms with Crippen molar-refractivity contribution in [3.63, 3.8) is 0 Å². The first-order valence-corrected chi connectivity index (χ1v) is 14.7. The van der Waals surface area contributed by atoms with Crippen LogP contribution in [0.4, 0.5) is 0 Å². The number of fused-ring (bicyclic) bond motifs is 1. The molecule has 2 fully saturated rings. The smallest absolute Gasteiger partial charge is 0.281 e. The van der Waals surface area contributed by atoms with Gasteiger partial charge in [-0.05, 0) is 67.6 Å². The molecule has 0 unspecified atom stereocenters. The van der Waals surface area contributed by atoms with Crippen molar-refractivity contribution < 1.29 is 18.3 Å². The summed E-state index contributed by atoms with van der Waals surface area (Å²) >= 11 is 0. The summed E-state index contributed by atoms with van der Waals surface area (Å²) in [6.45, 7) is 4.48. The average Bonchev–Trinajstić information content (AvgIpc) is 2.91. The molecule has 3 aliphatic rings. The molecule has 9 heteroatoms. The highest BCUT2D eigenvalue weighted by Crippen LogP contribution is 2.40. The van der Waals surface area contributed by atoms with E-state index >= 15 is 0 Å². The van der Waals surface area contributed by atoms with Gasteiger partial charge < -0.3 is 15.6 Å². The maximum atomic E-state index is 13.4. The Morgan fingerprint density at radius 3 is 2.22 bits per heavy atom. The number of aromatic hydroxyl groups is 1. The molecule has 0 radical (unpaired) electrons. The maximum absolute atomic E-state index is 13.4. The van der Waals surface area contributed by atoms with Crippen LogP contribution in [0.25, 0.3) is 0 Å². The van der Waals surface area contributed by atoms with E-state index < -0.39 is 10.2 Å². The van der Waals surface area contributed by atoms with E-state index in [1.165, 1.54) is 5.56 Å². The van der Waals surface area contributed by atoms with Crippen molar-refractivity contribution in [3.8, 4) is 5.75 Å². The Morgan fingerprint density at radius 2 is 1.59 bits per heavy atom. The molecule has 2 atom stereocenters. The lowest BCUT2D eigenvalue weighted by Gasteiger charge is -2.41. The minimum absolute atomic E-state index is 0. The van der Waals surface area contributed by atoms with Gasteiger partial charge in [-0.1, -0.05) is 42.5 Å². The SMILES string of the molecule is Cc1ccc2c(c1O)C[C@@H](C1CCN(S(=O)(=O)N3CCC(Cc4ccccc4)CC3)CC1)O[C@H]2CN.Cl. The van der Waals surface area contributed by atoms with Crippen LogP contribution in [0.1, 0.15) is 54.0 Å². The van der Waals surface area contributed by atoms with Crippen molar-refractivity contribution in [1.82, 2.24) is 8.61 Å². The molecule has 204 valence electrons. The van der Waals surface area contributed by atoms with Crippen LogP contribution in [-0.4, -0.2) is 61.0 Å². The monoisotopic (exact) mass is 549 g/mol. The zero-order valence-electron chi connectivity index (χ0n) is 21.6. The fourth-order valence-electron chi connectivity index (χ4n) is 6.21. The van der Waals surface area contributed by atoms with E-state index in [0.717, 1.165) is 48.8 Å². The summed E-state index contributed by atoms with van der Waals surface area (Å²) in [4.78, 5) is 0. The Bertz CT molecular complexity index is 1150. The van der Waals surface area contributed by atoms with Gasteiger partial charge in [0.1, 0.15) is 5.75 Å². The van der Waals surface area contributed by atoms with Crippen LogP contribution in [0.5, 0.6) is 5.75 Å². The lowest BCUT2D eigenvalue weighted by atomic mass is 9.83. The third kappa shape index (κ3) is 6.00. The molecule has 3 heterocycles. The molecule has 0 spiro atoms. The minimum atomic E-state index is -3.45. The van der Waals surface area contributed by atoms with Crippen molar-refractivity contribution in [2.75, 3.05) is 32.7 Å². The number of ether oxygens (including phenoxy) is 1. The number of aryl methyl sites for hydroxylation is 1. The van der Waals surface area contributed by atoms with Crippen LogP contribution in [0, 0.1) is 18.8 Å². The summed E-state index contributed by atoms with van der Waals surface area (Å²) in [6, 6.07) is 14.4. The van der Waals surface area contributed by atoms with E-state index in [2.05, 4.69) is 24.3 Å². The maximum Gasteiger partial charge on any atom is 0.281 e. The fraction of sp³-hybridized carbons (Fsp3) is 0.571. The van der Waals surface area contributed by atoms with Gasteiger partial charge in [0, 0.05) is 44.7 Å². The number of hydrogen-bond donors (Lipinski definition) is 2. The first-order chi connectivity index (χ1) is 17.4. The Balaban J connectivity index is 0.00000320. The summed E-state index contributed by atoms with van der Waals surface area (Å²) < 4.78 is 36.5. The number of phenolic OH excluding ortho intramolecular Hbond substituents is 1. The summed E-state index contributed by atoms with van der Waals surface area (Å²) in [5.74, 6) is 1.12. The fourth-order valence-corrected chi connectivity index (χ4v) is 7.88. The van der Waals surface area contributed by atoms with E-state index in [-0.39, 0.29) is 30.5 Å².